The van der Waals surface area contributed by atoms with Crippen LogP contribution in [0.1, 0.15) is 29.2 Å². The first kappa shape index (κ1) is 19.8. The summed E-state index contributed by atoms with van der Waals surface area (Å²) in [4.78, 5) is 10.4. The van der Waals surface area contributed by atoms with Gasteiger partial charge >= 0.3 is 5.92 Å². The van der Waals surface area contributed by atoms with Gasteiger partial charge in [-0.3, -0.25) is 0 Å². The predicted octanol–water partition coefficient (Wildman–Crippen LogP) is 2.61. The van der Waals surface area contributed by atoms with E-state index in [-0.39, 0.29) is 23.0 Å². The Hall–Kier alpha value is -3.15. The Labute approximate surface area is 180 Å². The highest BCUT2D eigenvalue weighted by Gasteiger charge is 2.39. The Kier molecular flexibility index (Phi) is 4.80. The number of nitrogens with zero attached hydrogens (tertiary/aromatic N) is 8. The summed E-state index contributed by atoms with van der Waals surface area (Å²) in [5.41, 5.74) is 1.44. The van der Waals surface area contributed by atoms with Crippen molar-refractivity contribution in [3.63, 3.8) is 0 Å². The van der Waals surface area contributed by atoms with E-state index >= 15 is 8.78 Å². The lowest BCUT2D eigenvalue weighted by molar-refractivity contribution is 0.0332. The highest BCUT2D eigenvalue weighted by atomic mass is 32.1. The van der Waals surface area contributed by atoms with Crippen LogP contribution in [-0.2, 0) is 12.5 Å². The number of hydrogen-bond donors (Lipinski definition) is 1. The lowest BCUT2D eigenvalue weighted by Crippen LogP contribution is -2.25. The molecule has 0 radical (unpaired) electrons. The molecule has 4 heterocycles. The number of halogens is 2. The molecule has 1 saturated heterocycles. The number of thiol groups is 1. The van der Waals surface area contributed by atoms with Crippen molar-refractivity contribution in [1.82, 2.24) is 35.3 Å². The Morgan fingerprint density at radius 1 is 1.19 bits per heavy atom. The van der Waals surface area contributed by atoms with Crippen LogP contribution in [0.2, 0.25) is 0 Å². The molecule has 0 saturated carbocycles. The molecule has 0 amide bonds. The first-order chi connectivity index (χ1) is 14.9. The van der Waals surface area contributed by atoms with E-state index in [0.29, 0.717) is 35.8 Å². The zero-order valence-electron chi connectivity index (χ0n) is 16.5. The average Bonchev–Trinajstić information content (AvgIpc) is 3.49. The number of fused-ring (bicyclic) bond motifs is 1. The lowest BCUT2D eigenvalue weighted by Gasteiger charge is -2.20. The second-order valence-corrected chi connectivity index (χ2v) is 8.15. The maximum Gasteiger partial charge on any atom is 0.331 e. The number of hydrogen-bond acceptors (Lipinski definition) is 9. The van der Waals surface area contributed by atoms with E-state index in [1.807, 2.05) is 4.90 Å². The van der Waals surface area contributed by atoms with Crippen molar-refractivity contribution in [3.05, 3.63) is 53.1 Å². The van der Waals surface area contributed by atoms with Crippen molar-refractivity contribution in [2.45, 2.75) is 31.1 Å². The van der Waals surface area contributed by atoms with E-state index in [1.165, 1.54) is 16.8 Å². The SMILES string of the molecule is Cc1nonc1Cn1nnc2c(N3CCC(S)C3)nc(C(F)(F)c3ccccc3)nc21. The van der Waals surface area contributed by atoms with Crippen molar-refractivity contribution in [2.75, 3.05) is 18.0 Å². The molecule has 1 fully saturated rings. The Morgan fingerprint density at radius 2 is 2.00 bits per heavy atom. The number of alkyl halides is 2. The summed E-state index contributed by atoms with van der Waals surface area (Å²) in [6.07, 6.45) is 0.816. The molecule has 1 unspecified atom stereocenters. The van der Waals surface area contributed by atoms with Gasteiger partial charge in [0.25, 0.3) is 0 Å². The molecule has 5 rings (SSSR count). The van der Waals surface area contributed by atoms with E-state index in [4.69, 9.17) is 4.63 Å². The van der Waals surface area contributed by atoms with E-state index in [9.17, 15) is 0 Å². The van der Waals surface area contributed by atoms with Crippen LogP contribution in [0.25, 0.3) is 11.2 Å². The van der Waals surface area contributed by atoms with E-state index < -0.39 is 11.7 Å². The largest absolute Gasteiger partial charge is 0.353 e. The van der Waals surface area contributed by atoms with Crippen LogP contribution >= 0.6 is 12.6 Å². The minimum absolute atomic E-state index is 0.127. The van der Waals surface area contributed by atoms with E-state index in [1.54, 1.807) is 25.1 Å². The van der Waals surface area contributed by atoms with Crippen LogP contribution in [0.5, 0.6) is 0 Å². The summed E-state index contributed by atoms with van der Waals surface area (Å²) >= 11 is 4.51. The normalized spacial score (nSPS) is 17.0. The quantitative estimate of drug-likeness (QED) is 0.469. The third kappa shape index (κ3) is 3.50. The number of aryl methyl sites for hydroxylation is 1. The second kappa shape index (κ2) is 7.52. The van der Waals surface area contributed by atoms with Gasteiger partial charge in [0.1, 0.15) is 11.4 Å². The maximum atomic E-state index is 15.4. The van der Waals surface area contributed by atoms with Gasteiger partial charge in [0.2, 0.25) is 5.82 Å². The van der Waals surface area contributed by atoms with Crippen LogP contribution in [-0.4, -0.2) is 53.6 Å². The zero-order valence-corrected chi connectivity index (χ0v) is 17.4. The maximum absolute atomic E-state index is 15.4. The molecular formula is C19H18F2N8OS. The summed E-state index contributed by atoms with van der Waals surface area (Å²) in [5, 5.41) is 16.0. The molecule has 31 heavy (non-hydrogen) atoms. The fourth-order valence-electron chi connectivity index (χ4n) is 3.55. The third-order valence-electron chi connectivity index (χ3n) is 5.27. The smallest absolute Gasteiger partial charge is 0.331 e. The molecule has 0 spiro atoms. The number of aromatic nitrogens is 7. The van der Waals surface area contributed by atoms with Gasteiger partial charge in [0.05, 0.1) is 6.54 Å². The van der Waals surface area contributed by atoms with Crippen molar-refractivity contribution < 1.29 is 13.4 Å². The van der Waals surface area contributed by atoms with Gasteiger partial charge in [-0.25, -0.2) is 19.3 Å². The monoisotopic (exact) mass is 444 g/mol. The molecule has 3 aromatic heterocycles. The topological polar surface area (TPSA) is 98.6 Å². The molecule has 0 aliphatic carbocycles. The molecule has 1 atom stereocenters. The molecule has 1 aliphatic heterocycles. The number of rotatable bonds is 5. The van der Waals surface area contributed by atoms with Gasteiger partial charge < -0.3 is 4.90 Å². The molecule has 4 aromatic rings. The summed E-state index contributed by atoms with van der Waals surface area (Å²) in [6.45, 7) is 3.08. The van der Waals surface area contributed by atoms with Crippen molar-refractivity contribution in [2.24, 2.45) is 0 Å². The standard InChI is InChI=1S/C19H18F2N8OS/c1-11-14(26-30-25-11)10-29-17-15(24-27-29)16(28-8-7-13(31)9-28)22-18(23-17)19(20,21)12-5-3-2-4-6-12/h2-6,13,31H,7-10H2,1H3. The molecular weight excluding hydrogens is 426 g/mol. The van der Waals surface area contributed by atoms with Crippen LogP contribution in [0, 0.1) is 6.92 Å². The van der Waals surface area contributed by atoms with Gasteiger partial charge in [0, 0.05) is 23.9 Å². The Balaban J connectivity index is 1.67. The summed E-state index contributed by atoms with van der Waals surface area (Å²) < 4.78 is 36.9. The van der Waals surface area contributed by atoms with Gasteiger partial charge in [-0.15, -0.1) is 5.10 Å². The first-order valence-corrected chi connectivity index (χ1v) is 10.2. The molecule has 0 N–H and O–H groups in total. The van der Waals surface area contributed by atoms with Crippen LogP contribution in [0.4, 0.5) is 14.6 Å². The van der Waals surface area contributed by atoms with Gasteiger partial charge in [0.15, 0.2) is 17.0 Å². The number of benzene rings is 1. The second-order valence-electron chi connectivity index (χ2n) is 7.42. The Bertz CT molecular complexity index is 1230. The van der Waals surface area contributed by atoms with E-state index in [0.717, 1.165) is 6.42 Å². The molecule has 1 aliphatic rings. The minimum atomic E-state index is -3.40. The highest BCUT2D eigenvalue weighted by molar-refractivity contribution is 7.81. The highest BCUT2D eigenvalue weighted by Crippen LogP contribution is 2.36. The molecule has 160 valence electrons. The van der Waals surface area contributed by atoms with Crippen molar-refractivity contribution >= 4 is 29.6 Å². The molecule has 1 aromatic carbocycles. The van der Waals surface area contributed by atoms with Crippen LogP contribution in [0.3, 0.4) is 0 Å². The van der Waals surface area contributed by atoms with Crippen molar-refractivity contribution in [1.29, 1.82) is 0 Å². The van der Waals surface area contributed by atoms with Crippen molar-refractivity contribution in [3.8, 4) is 0 Å². The fourth-order valence-corrected chi connectivity index (χ4v) is 3.87. The molecule has 0 bridgehead atoms. The van der Waals surface area contributed by atoms with Gasteiger partial charge in [-0.05, 0) is 13.3 Å². The Morgan fingerprint density at radius 3 is 2.68 bits per heavy atom. The lowest BCUT2D eigenvalue weighted by atomic mass is 10.1. The van der Waals surface area contributed by atoms with Gasteiger partial charge in [-0.1, -0.05) is 45.9 Å². The zero-order chi connectivity index (χ0) is 21.6. The third-order valence-corrected chi connectivity index (χ3v) is 5.69. The van der Waals surface area contributed by atoms with Gasteiger partial charge in [-0.2, -0.15) is 21.4 Å². The molecule has 12 heteroatoms. The van der Waals surface area contributed by atoms with Crippen LogP contribution in [0.15, 0.2) is 35.0 Å². The summed E-state index contributed by atoms with van der Waals surface area (Å²) in [5.74, 6) is -3.68. The first-order valence-electron chi connectivity index (χ1n) is 9.69. The predicted molar refractivity (Wildman–Crippen MR) is 110 cm³/mol. The average molecular weight is 444 g/mol. The summed E-state index contributed by atoms with van der Waals surface area (Å²) in [6, 6.07) is 7.50. The van der Waals surface area contributed by atoms with E-state index in [2.05, 4.69) is 43.2 Å². The van der Waals surface area contributed by atoms with Crippen LogP contribution < -0.4 is 4.90 Å². The fraction of sp³-hybridized carbons (Fsp3) is 0.368. The molecule has 9 nitrogen and oxygen atoms in total. The summed E-state index contributed by atoms with van der Waals surface area (Å²) in [7, 11) is 0. The number of anilines is 1. The minimum Gasteiger partial charge on any atom is -0.353 e.